The largest absolute Gasteiger partial charge is 0.497 e. The standard InChI is InChI=1S/C29H29N7O6S3/c1-35(2)45(39,40)20-12-9-18(10-13-20)27(38)30-16-25-33-34-29(36(25)22-15-19(41-3)11-14-23(22)42-4)43-17-26(37)32-28-31-21-7-5-6-8-24(21)44-28/h5-15H,16-17H2,1-4H3,(H,30,38)(H,31,32,37). The van der Waals surface area contributed by atoms with Gasteiger partial charge in [-0.25, -0.2) is 17.7 Å². The molecule has 5 rings (SSSR count). The zero-order valence-electron chi connectivity index (χ0n) is 24.7. The summed E-state index contributed by atoms with van der Waals surface area (Å²) in [6.45, 7) is -0.0393. The van der Waals surface area contributed by atoms with Crippen LogP contribution < -0.4 is 20.1 Å². The lowest BCUT2D eigenvalue weighted by atomic mass is 10.2. The van der Waals surface area contributed by atoms with Gasteiger partial charge in [-0.2, -0.15) is 0 Å². The quantitative estimate of drug-likeness (QED) is 0.188. The SMILES string of the molecule is COc1ccc(OC)c(-n2c(CNC(=O)c3ccc(S(=O)(=O)N(C)C)cc3)nnc2SCC(=O)Nc2nc3ccccc3s2)c1. The van der Waals surface area contributed by atoms with Gasteiger partial charge in [0.1, 0.15) is 11.5 Å². The highest BCUT2D eigenvalue weighted by molar-refractivity contribution is 7.99. The molecule has 0 unspecified atom stereocenters. The summed E-state index contributed by atoms with van der Waals surface area (Å²) in [4.78, 5) is 30.4. The highest BCUT2D eigenvalue weighted by atomic mass is 32.2. The maximum Gasteiger partial charge on any atom is 0.251 e. The minimum Gasteiger partial charge on any atom is -0.497 e. The van der Waals surface area contributed by atoms with E-state index in [1.807, 2.05) is 24.3 Å². The molecule has 0 atom stereocenters. The number of amides is 2. The van der Waals surface area contributed by atoms with Gasteiger partial charge in [0.15, 0.2) is 16.1 Å². The molecule has 13 nitrogen and oxygen atoms in total. The summed E-state index contributed by atoms with van der Waals surface area (Å²) in [6, 6.07) is 18.5. The second-order valence-electron chi connectivity index (χ2n) is 9.59. The number of nitrogens with zero attached hydrogens (tertiary/aromatic N) is 5. The maximum atomic E-state index is 13.0. The third kappa shape index (κ3) is 7.09. The molecule has 2 N–H and O–H groups in total. The minimum absolute atomic E-state index is 0.00884. The number of aromatic nitrogens is 4. The van der Waals surface area contributed by atoms with E-state index in [0.29, 0.717) is 33.3 Å². The van der Waals surface area contributed by atoms with Gasteiger partial charge in [0.2, 0.25) is 15.9 Å². The van der Waals surface area contributed by atoms with Gasteiger partial charge >= 0.3 is 0 Å². The predicted molar refractivity (Wildman–Crippen MR) is 172 cm³/mol. The summed E-state index contributed by atoms with van der Waals surface area (Å²) in [5.41, 5.74) is 1.61. The number of ether oxygens (including phenoxy) is 2. The number of carbonyl (C=O) groups excluding carboxylic acids is 2. The van der Waals surface area contributed by atoms with Crippen molar-refractivity contribution in [3.8, 4) is 17.2 Å². The molecule has 234 valence electrons. The summed E-state index contributed by atoms with van der Waals surface area (Å²) in [5, 5.41) is 15.1. The van der Waals surface area contributed by atoms with Gasteiger partial charge in [-0.05, 0) is 48.5 Å². The van der Waals surface area contributed by atoms with Crippen LogP contribution in [-0.4, -0.2) is 78.4 Å². The fraction of sp³-hybridized carbons (Fsp3) is 0.207. The number of carbonyl (C=O) groups is 2. The van der Waals surface area contributed by atoms with Gasteiger partial charge < -0.3 is 20.1 Å². The van der Waals surface area contributed by atoms with Crippen LogP contribution in [0, 0.1) is 0 Å². The molecule has 0 aliphatic rings. The topological polar surface area (TPSA) is 158 Å². The number of methoxy groups -OCH3 is 2. The Morgan fingerprint density at radius 2 is 1.76 bits per heavy atom. The Bertz CT molecular complexity index is 1920. The molecule has 2 heterocycles. The number of hydrogen-bond acceptors (Lipinski definition) is 11. The summed E-state index contributed by atoms with van der Waals surface area (Å²) < 4.78 is 39.5. The molecule has 3 aromatic carbocycles. The maximum absolute atomic E-state index is 13.0. The van der Waals surface area contributed by atoms with Crippen LogP contribution in [-0.2, 0) is 21.4 Å². The van der Waals surface area contributed by atoms with E-state index in [2.05, 4.69) is 25.8 Å². The summed E-state index contributed by atoms with van der Waals surface area (Å²) in [6.07, 6.45) is 0. The second kappa shape index (κ2) is 13.6. The van der Waals surface area contributed by atoms with Crippen LogP contribution in [0.15, 0.2) is 76.8 Å². The Kier molecular flexibility index (Phi) is 9.67. The molecule has 0 aliphatic heterocycles. The lowest BCUT2D eigenvalue weighted by molar-refractivity contribution is -0.113. The van der Waals surface area contributed by atoms with Crippen molar-refractivity contribution < 1.29 is 27.5 Å². The first-order chi connectivity index (χ1) is 21.6. The molecule has 0 radical (unpaired) electrons. The molecule has 0 aliphatic carbocycles. The van der Waals surface area contributed by atoms with Crippen molar-refractivity contribution >= 4 is 60.3 Å². The number of anilines is 1. The summed E-state index contributed by atoms with van der Waals surface area (Å²) in [5.74, 6) is 0.680. The Morgan fingerprint density at radius 1 is 1.00 bits per heavy atom. The smallest absolute Gasteiger partial charge is 0.251 e. The molecule has 5 aromatic rings. The van der Waals surface area contributed by atoms with Crippen molar-refractivity contribution in [1.82, 2.24) is 29.4 Å². The lowest BCUT2D eigenvalue weighted by Gasteiger charge is -2.15. The minimum atomic E-state index is -3.63. The fourth-order valence-corrected chi connectivity index (χ4v) is 6.73. The number of nitrogens with one attached hydrogen (secondary N) is 2. The summed E-state index contributed by atoms with van der Waals surface area (Å²) >= 11 is 2.53. The van der Waals surface area contributed by atoms with Crippen molar-refractivity contribution in [3.05, 3.63) is 78.1 Å². The van der Waals surface area contributed by atoms with Crippen molar-refractivity contribution in [2.24, 2.45) is 0 Å². The van der Waals surface area contributed by atoms with Gasteiger partial charge in [-0.3, -0.25) is 14.2 Å². The zero-order chi connectivity index (χ0) is 32.1. The molecule has 2 aromatic heterocycles. The van der Waals surface area contributed by atoms with E-state index in [1.165, 1.54) is 63.9 Å². The monoisotopic (exact) mass is 667 g/mol. The first kappa shape index (κ1) is 31.9. The van der Waals surface area contributed by atoms with Crippen LogP contribution in [0.2, 0.25) is 0 Å². The molecule has 16 heteroatoms. The average molecular weight is 668 g/mol. The zero-order valence-corrected chi connectivity index (χ0v) is 27.1. The van der Waals surface area contributed by atoms with Crippen LogP contribution in [0.1, 0.15) is 16.2 Å². The van der Waals surface area contributed by atoms with Crippen LogP contribution in [0.3, 0.4) is 0 Å². The van der Waals surface area contributed by atoms with Gasteiger partial charge in [0, 0.05) is 25.7 Å². The highest BCUT2D eigenvalue weighted by Gasteiger charge is 2.22. The van der Waals surface area contributed by atoms with Gasteiger partial charge in [0.05, 0.1) is 47.3 Å². The number of thiazole rings is 1. The number of sulfonamides is 1. The van der Waals surface area contributed by atoms with Gasteiger partial charge in [0.25, 0.3) is 5.91 Å². The van der Waals surface area contributed by atoms with Crippen LogP contribution in [0.4, 0.5) is 5.13 Å². The number of hydrogen-bond donors (Lipinski definition) is 2. The van der Waals surface area contributed by atoms with Crippen LogP contribution >= 0.6 is 23.1 Å². The Balaban J connectivity index is 1.36. The van der Waals surface area contributed by atoms with E-state index in [-0.39, 0.29) is 28.7 Å². The number of benzene rings is 3. The highest BCUT2D eigenvalue weighted by Crippen LogP contribution is 2.32. The first-order valence-electron chi connectivity index (χ1n) is 13.4. The van der Waals surface area contributed by atoms with Crippen LogP contribution in [0.5, 0.6) is 11.5 Å². The summed E-state index contributed by atoms with van der Waals surface area (Å²) in [7, 11) is 2.30. The third-order valence-corrected chi connectivity index (χ3v) is 10.2. The van der Waals surface area contributed by atoms with E-state index in [1.54, 1.807) is 22.8 Å². The average Bonchev–Trinajstić information content (AvgIpc) is 3.65. The Morgan fingerprint density at radius 3 is 2.44 bits per heavy atom. The van der Waals surface area contributed by atoms with Crippen LogP contribution in [0.25, 0.3) is 15.9 Å². The van der Waals surface area contributed by atoms with E-state index in [0.717, 1.165) is 26.3 Å². The van der Waals surface area contributed by atoms with E-state index < -0.39 is 15.9 Å². The number of fused-ring (bicyclic) bond motifs is 1. The molecular weight excluding hydrogens is 639 g/mol. The second-order valence-corrected chi connectivity index (χ2v) is 13.7. The Hall–Kier alpha value is -4.51. The van der Waals surface area contributed by atoms with Crippen molar-refractivity contribution in [3.63, 3.8) is 0 Å². The van der Waals surface area contributed by atoms with E-state index in [9.17, 15) is 18.0 Å². The molecule has 0 saturated heterocycles. The van der Waals surface area contributed by atoms with Crippen molar-refractivity contribution in [2.75, 3.05) is 39.4 Å². The molecule has 0 fully saturated rings. The van der Waals surface area contributed by atoms with Crippen molar-refractivity contribution in [2.45, 2.75) is 16.6 Å². The normalized spacial score (nSPS) is 11.5. The van der Waals surface area contributed by atoms with Gasteiger partial charge in [-0.15, -0.1) is 10.2 Å². The third-order valence-electron chi connectivity index (χ3n) is 6.50. The van der Waals surface area contributed by atoms with E-state index >= 15 is 0 Å². The molecule has 45 heavy (non-hydrogen) atoms. The molecule has 2 amide bonds. The molecule has 0 bridgehead atoms. The Labute approximate surface area is 267 Å². The van der Waals surface area contributed by atoms with E-state index in [4.69, 9.17) is 9.47 Å². The predicted octanol–water partition coefficient (Wildman–Crippen LogP) is 3.81. The first-order valence-corrected chi connectivity index (χ1v) is 16.6. The van der Waals surface area contributed by atoms with Crippen molar-refractivity contribution in [1.29, 1.82) is 0 Å². The molecular formula is C29H29N7O6S3. The fourth-order valence-electron chi connectivity index (χ4n) is 4.18. The lowest BCUT2D eigenvalue weighted by Crippen LogP contribution is -2.25. The molecule has 0 saturated carbocycles. The van der Waals surface area contributed by atoms with Gasteiger partial charge in [-0.1, -0.05) is 35.2 Å². The number of rotatable bonds is 12. The number of para-hydroxylation sites is 1. The molecule has 0 spiro atoms. The number of thioether (sulfide) groups is 1.